The van der Waals surface area contributed by atoms with E-state index in [4.69, 9.17) is 14.2 Å². The largest absolute Gasteiger partial charge is 0.462 e. The minimum atomic E-state index is -0.660. The Morgan fingerprint density at radius 1 is 0.730 bits per heavy atom. The molecule has 0 heterocycles. The Morgan fingerprint density at radius 3 is 1.89 bits per heavy atom. The van der Waals surface area contributed by atoms with Crippen LogP contribution in [0.5, 0.6) is 11.5 Å². The van der Waals surface area contributed by atoms with Crippen LogP contribution >= 0.6 is 0 Å². The van der Waals surface area contributed by atoms with Crippen molar-refractivity contribution >= 4 is 11.9 Å². The van der Waals surface area contributed by atoms with Gasteiger partial charge in [0.1, 0.15) is 48.2 Å². The molecule has 6 nitrogen and oxygen atoms in total. The molecular weight excluding hydrogens is 482 g/mol. The Balaban J connectivity index is 1.67. The van der Waals surface area contributed by atoms with Crippen molar-refractivity contribution in [2.45, 2.75) is 6.92 Å². The summed E-state index contributed by atoms with van der Waals surface area (Å²) in [6.45, 7) is 8.24. The summed E-state index contributed by atoms with van der Waals surface area (Å²) in [6.07, 6.45) is 5.36. The fraction of sp³-hybridized carbons (Fsp3) is 0.0345. The molecule has 0 saturated carbocycles. The molecule has 0 atom stereocenters. The average Bonchev–Trinajstić information content (AvgIpc) is 2.89. The van der Waals surface area contributed by atoms with Gasteiger partial charge in [0.25, 0.3) is 0 Å². The molecule has 0 aromatic heterocycles. The molecule has 0 aliphatic carbocycles. The van der Waals surface area contributed by atoms with Gasteiger partial charge in [0.05, 0.1) is 0 Å². The van der Waals surface area contributed by atoms with E-state index >= 15 is 0 Å². The fourth-order valence-electron chi connectivity index (χ4n) is 2.98. The van der Waals surface area contributed by atoms with Gasteiger partial charge >= 0.3 is 11.9 Å². The highest BCUT2D eigenvalue weighted by Gasteiger charge is 2.11. The number of benzene rings is 3. The van der Waals surface area contributed by atoms with Crippen LogP contribution in [0.2, 0.25) is 0 Å². The van der Waals surface area contributed by atoms with Gasteiger partial charge in [-0.15, -0.1) is 0 Å². The first-order valence-corrected chi connectivity index (χ1v) is 10.8. The van der Waals surface area contributed by atoms with E-state index in [0.29, 0.717) is 22.4 Å². The van der Waals surface area contributed by atoms with Crippen molar-refractivity contribution in [3.8, 4) is 33.8 Å². The molecule has 8 heteroatoms. The molecule has 3 aromatic carbocycles. The van der Waals surface area contributed by atoms with Crippen LogP contribution in [0.25, 0.3) is 22.3 Å². The topological polar surface area (TPSA) is 71.1 Å². The van der Waals surface area contributed by atoms with Crippen LogP contribution in [0.4, 0.5) is 8.78 Å². The number of hydrogen-bond acceptors (Lipinski definition) is 6. The Hall–Kier alpha value is -4.98. The summed E-state index contributed by atoms with van der Waals surface area (Å²) in [5.41, 5.74) is 1.69. The third-order valence-electron chi connectivity index (χ3n) is 4.78. The van der Waals surface area contributed by atoms with E-state index in [9.17, 15) is 18.4 Å². The van der Waals surface area contributed by atoms with E-state index in [2.05, 4.69) is 17.9 Å². The molecule has 3 aromatic rings. The lowest BCUT2D eigenvalue weighted by Gasteiger charge is -2.09. The van der Waals surface area contributed by atoms with Gasteiger partial charge in [-0.1, -0.05) is 37.4 Å². The van der Waals surface area contributed by atoms with Crippen molar-refractivity contribution in [3.05, 3.63) is 122 Å². The second kappa shape index (κ2) is 12.6. The quantitative estimate of drug-likeness (QED) is 0.171. The van der Waals surface area contributed by atoms with Gasteiger partial charge in [-0.25, -0.2) is 18.4 Å². The summed E-state index contributed by atoms with van der Waals surface area (Å²) in [5, 5.41) is 0. The van der Waals surface area contributed by atoms with Crippen molar-refractivity contribution < 1.29 is 37.3 Å². The van der Waals surface area contributed by atoms with Crippen LogP contribution < -0.4 is 9.47 Å². The van der Waals surface area contributed by atoms with E-state index in [1.54, 1.807) is 36.4 Å². The van der Waals surface area contributed by atoms with Crippen LogP contribution in [0.1, 0.15) is 6.92 Å². The first-order chi connectivity index (χ1) is 17.8. The van der Waals surface area contributed by atoms with Crippen molar-refractivity contribution in [3.63, 3.8) is 0 Å². The molecule has 0 N–H and O–H groups in total. The molecule has 0 unspecified atom stereocenters. The first kappa shape index (κ1) is 26.6. The standard InChI is InChI=1S/C29H22F2O6/c1-4-28(32)36-15-13-35-23-10-12-25(27(31)18-23)21-7-11-24(26(30)17-21)20-5-8-22(9-6-20)34-14-16-37-29(33)19(2)3/h4-18H,1-2H2,3H3. The number of hydrogen-bond donors (Lipinski definition) is 0. The monoisotopic (exact) mass is 504 g/mol. The number of esters is 2. The van der Waals surface area contributed by atoms with E-state index in [-0.39, 0.29) is 16.9 Å². The van der Waals surface area contributed by atoms with E-state index in [0.717, 1.165) is 30.9 Å². The minimum absolute atomic E-state index is 0.162. The van der Waals surface area contributed by atoms with Gasteiger partial charge in [0.2, 0.25) is 0 Å². The van der Waals surface area contributed by atoms with Gasteiger partial charge in [-0.2, -0.15) is 0 Å². The molecule has 0 fully saturated rings. The zero-order valence-corrected chi connectivity index (χ0v) is 19.8. The third-order valence-corrected chi connectivity index (χ3v) is 4.78. The second-order valence-corrected chi connectivity index (χ2v) is 7.47. The zero-order valence-electron chi connectivity index (χ0n) is 19.8. The highest BCUT2D eigenvalue weighted by Crippen LogP contribution is 2.31. The number of carbonyl (C=O) groups is 2. The summed E-state index contributed by atoms with van der Waals surface area (Å²) in [5.74, 6) is -1.78. The number of halogens is 2. The predicted molar refractivity (Wildman–Crippen MR) is 134 cm³/mol. The average molecular weight is 504 g/mol. The molecule has 3 rings (SSSR count). The normalized spacial score (nSPS) is 10.8. The van der Waals surface area contributed by atoms with Crippen molar-refractivity contribution in [1.82, 2.24) is 0 Å². The summed E-state index contributed by atoms with van der Waals surface area (Å²) in [4.78, 5) is 22.3. The van der Waals surface area contributed by atoms with Gasteiger partial charge < -0.3 is 18.9 Å². The lowest BCUT2D eigenvalue weighted by Crippen LogP contribution is -1.99. The van der Waals surface area contributed by atoms with Crippen LogP contribution in [-0.2, 0) is 19.1 Å². The summed E-state index contributed by atoms with van der Waals surface area (Å²) >= 11 is 0. The Kier molecular flexibility index (Phi) is 9.10. The lowest BCUT2D eigenvalue weighted by atomic mass is 9.99. The van der Waals surface area contributed by atoms with Gasteiger partial charge in [0, 0.05) is 28.8 Å². The molecule has 0 aliphatic heterocycles. The lowest BCUT2D eigenvalue weighted by molar-refractivity contribution is -0.134. The molecule has 188 valence electrons. The van der Waals surface area contributed by atoms with Crippen molar-refractivity contribution in [2.75, 3.05) is 0 Å². The smallest absolute Gasteiger partial charge is 0.338 e. The number of ether oxygens (including phenoxy) is 4. The van der Waals surface area contributed by atoms with E-state index in [1.165, 1.54) is 31.4 Å². The highest BCUT2D eigenvalue weighted by atomic mass is 19.1. The molecular formula is C29H22F2O6. The predicted octanol–water partition coefficient (Wildman–Crippen LogP) is 6.85. The molecule has 37 heavy (non-hydrogen) atoms. The molecule has 0 spiro atoms. The maximum atomic E-state index is 14.9. The van der Waals surface area contributed by atoms with E-state index in [1.807, 2.05) is 0 Å². The van der Waals surface area contributed by atoms with Gasteiger partial charge in [0.15, 0.2) is 0 Å². The van der Waals surface area contributed by atoms with Crippen molar-refractivity contribution in [1.29, 1.82) is 0 Å². The fourth-order valence-corrected chi connectivity index (χ4v) is 2.98. The summed E-state index contributed by atoms with van der Waals surface area (Å²) in [7, 11) is 0. The van der Waals surface area contributed by atoms with Crippen LogP contribution in [0.15, 0.2) is 111 Å². The highest BCUT2D eigenvalue weighted by molar-refractivity contribution is 5.87. The van der Waals surface area contributed by atoms with Crippen molar-refractivity contribution in [2.24, 2.45) is 0 Å². The SMILES string of the molecule is C=CC(=O)OC=COc1ccc(-c2ccc(-c3ccc(OC=COC(=O)C(=C)C)cc3)c(F)c2)c(F)c1. The molecule has 0 aliphatic rings. The number of rotatable bonds is 10. The maximum Gasteiger partial charge on any atom is 0.338 e. The van der Waals surface area contributed by atoms with Crippen LogP contribution in [-0.4, -0.2) is 11.9 Å². The van der Waals surface area contributed by atoms with Crippen LogP contribution in [0.3, 0.4) is 0 Å². The molecule has 0 bridgehead atoms. The van der Waals surface area contributed by atoms with E-state index < -0.39 is 23.6 Å². The molecule has 0 amide bonds. The summed E-state index contributed by atoms with van der Waals surface area (Å²) < 4.78 is 49.5. The third kappa shape index (κ3) is 7.50. The first-order valence-electron chi connectivity index (χ1n) is 10.8. The van der Waals surface area contributed by atoms with Gasteiger partial charge in [-0.05, 0) is 48.4 Å². The Labute approximate surface area is 212 Å². The minimum Gasteiger partial charge on any atom is -0.462 e. The molecule has 0 radical (unpaired) electrons. The second-order valence-electron chi connectivity index (χ2n) is 7.47. The Bertz CT molecular complexity index is 1370. The maximum absolute atomic E-state index is 14.9. The Morgan fingerprint density at radius 2 is 1.27 bits per heavy atom. The number of carbonyl (C=O) groups excluding carboxylic acids is 2. The summed E-state index contributed by atoms with van der Waals surface area (Å²) in [6, 6.07) is 15.1. The van der Waals surface area contributed by atoms with Crippen LogP contribution in [0, 0.1) is 11.6 Å². The molecule has 0 saturated heterocycles. The van der Waals surface area contributed by atoms with Gasteiger partial charge in [-0.3, -0.25) is 0 Å². The zero-order chi connectivity index (χ0) is 26.8.